The van der Waals surface area contributed by atoms with E-state index in [1.807, 2.05) is 29.2 Å². The van der Waals surface area contributed by atoms with Gasteiger partial charge < -0.3 is 9.80 Å². The third-order valence-corrected chi connectivity index (χ3v) is 5.28. The van der Waals surface area contributed by atoms with Crippen molar-refractivity contribution in [1.82, 2.24) is 25.1 Å². The van der Waals surface area contributed by atoms with Crippen LogP contribution in [0.2, 0.25) is 0 Å². The minimum Gasteiger partial charge on any atom is -0.367 e. The van der Waals surface area contributed by atoms with Crippen LogP contribution in [0.3, 0.4) is 0 Å². The fraction of sp³-hybridized carbons (Fsp3) is 0.333. The van der Waals surface area contributed by atoms with Gasteiger partial charge in [-0.05, 0) is 53.6 Å². The molecule has 1 aliphatic rings. The van der Waals surface area contributed by atoms with E-state index in [-0.39, 0.29) is 11.9 Å². The molecule has 1 amide bonds. The monoisotopic (exact) mass is 376 g/mol. The fourth-order valence-corrected chi connectivity index (χ4v) is 3.75. The molecule has 1 aromatic heterocycles. The third kappa shape index (κ3) is 3.74. The van der Waals surface area contributed by atoms with E-state index >= 15 is 0 Å². The first kappa shape index (κ1) is 18.2. The Hall–Kier alpha value is -3.22. The fourth-order valence-electron chi connectivity index (χ4n) is 3.75. The molecule has 7 heteroatoms. The van der Waals surface area contributed by atoms with E-state index in [1.54, 1.807) is 11.0 Å². The Bertz CT molecular complexity index is 938. The number of nitrogens with zero attached hydrogens (tertiary/aromatic N) is 6. The zero-order chi connectivity index (χ0) is 19.5. The minimum absolute atomic E-state index is 0.0888. The molecule has 2 heterocycles. The number of benzene rings is 2. The topological polar surface area (TPSA) is 67.2 Å². The molecule has 1 unspecified atom stereocenters. The number of aromatic nitrogens is 4. The lowest BCUT2D eigenvalue weighted by Gasteiger charge is -2.41. The van der Waals surface area contributed by atoms with Crippen LogP contribution in [0.5, 0.6) is 0 Å². The molecule has 4 rings (SSSR count). The van der Waals surface area contributed by atoms with Gasteiger partial charge in [-0.3, -0.25) is 4.79 Å². The number of tetrazole rings is 1. The van der Waals surface area contributed by atoms with Crippen molar-refractivity contribution >= 4 is 11.6 Å². The molecule has 1 saturated heterocycles. The number of anilines is 1. The van der Waals surface area contributed by atoms with Crippen LogP contribution in [0.1, 0.15) is 28.4 Å². The average molecular weight is 376 g/mol. The lowest BCUT2D eigenvalue weighted by molar-refractivity contribution is 0.0674. The second-order valence-electron chi connectivity index (χ2n) is 7.28. The van der Waals surface area contributed by atoms with Gasteiger partial charge in [-0.25, -0.2) is 4.68 Å². The van der Waals surface area contributed by atoms with E-state index < -0.39 is 0 Å². The van der Waals surface area contributed by atoms with E-state index in [0.29, 0.717) is 6.54 Å². The molecule has 1 fully saturated rings. The summed E-state index contributed by atoms with van der Waals surface area (Å²) in [6, 6.07) is 16.3. The molecular weight excluding hydrogens is 352 g/mol. The Labute approximate surface area is 164 Å². The molecule has 0 bridgehead atoms. The zero-order valence-electron chi connectivity index (χ0n) is 16.2. The summed E-state index contributed by atoms with van der Waals surface area (Å²) in [5, 5.41) is 11.1. The Morgan fingerprint density at radius 2 is 1.89 bits per heavy atom. The molecular formula is C21H24N6O. The van der Waals surface area contributed by atoms with E-state index in [0.717, 1.165) is 30.8 Å². The quantitative estimate of drug-likeness (QED) is 0.699. The smallest absolute Gasteiger partial charge is 0.254 e. The normalized spacial score (nSPS) is 17.0. The summed E-state index contributed by atoms with van der Waals surface area (Å²) < 4.78 is 1.66. The second kappa shape index (κ2) is 7.80. The third-order valence-electron chi connectivity index (χ3n) is 5.28. The Morgan fingerprint density at radius 3 is 2.57 bits per heavy atom. The van der Waals surface area contributed by atoms with Crippen LogP contribution in [0.4, 0.5) is 5.69 Å². The van der Waals surface area contributed by atoms with E-state index in [2.05, 4.69) is 58.5 Å². The van der Waals surface area contributed by atoms with Gasteiger partial charge >= 0.3 is 0 Å². The highest BCUT2D eigenvalue weighted by atomic mass is 16.2. The maximum atomic E-state index is 13.0. The first-order valence-corrected chi connectivity index (χ1v) is 9.53. The molecule has 0 N–H and O–H groups in total. The molecule has 1 atom stereocenters. The summed E-state index contributed by atoms with van der Waals surface area (Å²) in [4.78, 5) is 17.4. The van der Waals surface area contributed by atoms with Crippen LogP contribution in [-0.4, -0.2) is 56.7 Å². The first-order chi connectivity index (χ1) is 13.6. The molecule has 28 heavy (non-hydrogen) atoms. The van der Waals surface area contributed by atoms with Gasteiger partial charge in [0.05, 0.1) is 6.54 Å². The number of carbonyl (C=O) groups is 1. The van der Waals surface area contributed by atoms with E-state index in [4.69, 9.17) is 0 Å². The average Bonchev–Trinajstić information content (AvgIpc) is 3.21. The highest BCUT2D eigenvalue weighted by Gasteiger charge is 2.28. The van der Waals surface area contributed by atoms with Gasteiger partial charge in [0.2, 0.25) is 0 Å². The van der Waals surface area contributed by atoms with Crippen LogP contribution in [0.15, 0.2) is 54.9 Å². The molecule has 2 aromatic carbocycles. The highest BCUT2D eigenvalue weighted by Crippen LogP contribution is 2.23. The summed E-state index contributed by atoms with van der Waals surface area (Å²) in [6.07, 6.45) is 1.58. The van der Waals surface area contributed by atoms with Crippen LogP contribution in [-0.2, 0) is 6.54 Å². The van der Waals surface area contributed by atoms with Gasteiger partial charge in [0.1, 0.15) is 6.33 Å². The van der Waals surface area contributed by atoms with Gasteiger partial charge in [-0.2, -0.15) is 0 Å². The van der Waals surface area contributed by atoms with Gasteiger partial charge in [-0.15, -0.1) is 5.10 Å². The zero-order valence-corrected chi connectivity index (χ0v) is 16.2. The van der Waals surface area contributed by atoms with Crippen molar-refractivity contribution in [3.05, 3.63) is 71.5 Å². The van der Waals surface area contributed by atoms with Crippen molar-refractivity contribution in [3.8, 4) is 0 Å². The summed E-state index contributed by atoms with van der Waals surface area (Å²) >= 11 is 0. The first-order valence-electron chi connectivity index (χ1n) is 9.53. The number of aryl methyl sites for hydroxylation is 1. The number of hydrogen-bond acceptors (Lipinski definition) is 5. The number of rotatable bonds is 4. The highest BCUT2D eigenvalue weighted by molar-refractivity contribution is 5.94. The molecule has 0 spiro atoms. The largest absolute Gasteiger partial charge is 0.367 e. The van der Waals surface area contributed by atoms with E-state index in [9.17, 15) is 4.79 Å². The number of piperazine rings is 1. The molecule has 0 radical (unpaired) electrons. The van der Waals surface area contributed by atoms with Crippen molar-refractivity contribution in [3.63, 3.8) is 0 Å². The van der Waals surface area contributed by atoms with Crippen molar-refractivity contribution in [2.75, 3.05) is 24.5 Å². The van der Waals surface area contributed by atoms with Crippen molar-refractivity contribution < 1.29 is 4.79 Å². The Balaban J connectivity index is 1.42. The Morgan fingerprint density at radius 1 is 1.11 bits per heavy atom. The van der Waals surface area contributed by atoms with Crippen molar-refractivity contribution in [2.24, 2.45) is 0 Å². The maximum Gasteiger partial charge on any atom is 0.254 e. The lowest BCUT2D eigenvalue weighted by atomic mass is 10.1. The van der Waals surface area contributed by atoms with Gasteiger partial charge in [0, 0.05) is 36.9 Å². The van der Waals surface area contributed by atoms with E-state index in [1.165, 1.54) is 11.3 Å². The van der Waals surface area contributed by atoms with Crippen LogP contribution in [0.25, 0.3) is 0 Å². The molecule has 144 valence electrons. The minimum atomic E-state index is 0.0888. The predicted molar refractivity (Wildman–Crippen MR) is 107 cm³/mol. The van der Waals surface area contributed by atoms with Crippen molar-refractivity contribution in [1.29, 1.82) is 0 Å². The van der Waals surface area contributed by atoms with Gasteiger partial charge in [0.15, 0.2) is 0 Å². The van der Waals surface area contributed by atoms with Gasteiger partial charge in [0.25, 0.3) is 5.91 Å². The summed E-state index contributed by atoms with van der Waals surface area (Å²) in [5.41, 5.74) is 4.30. The standard InChI is InChI=1S/C21H24N6O/c1-16-5-3-4-6-20(16)25-11-12-27(17(2)13-25)21(28)19-9-7-18(8-10-19)14-26-15-22-23-24-26/h3-10,15,17H,11-14H2,1-2H3. The maximum absolute atomic E-state index is 13.0. The van der Waals surface area contributed by atoms with Crippen LogP contribution < -0.4 is 4.90 Å². The summed E-state index contributed by atoms with van der Waals surface area (Å²) in [7, 11) is 0. The van der Waals surface area contributed by atoms with Crippen molar-refractivity contribution in [2.45, 2.75) is 26.4 Å². The number of amides is 1. The number of hydrogen-bond donors (Lipinski definition) is 0. The Kier molecular flexibility index (Phi) is 5.06. The number of carbonyl (C=O) groups excluding carboxylic acids is 1. The SMILES string of the molecule is Cc1ccccc1N1CCN(C(=O)c2ccc(Cn3cnnn3)cc2)C(C)C1. The molecule has 3 aromatic rings. The summed E-state index contributed by atoms with van der Waals surface area (Å²) in [5.74, 6) is 0.0888. The number of para-hydroxylation sites is 1. The van der Waals surface area contributed by atoms with Crippen LogP contribution in [0, 0.1) is 6.92 Å². The van der Waals surface area contributed by atoms with Gasteiger partial charge in [-0.1, -0.05) is 30.3 Å². The second-order valence-corrected chi connectivity index (χ2v) is 7.28. The van der Waals surface area contributed by atoms with Crippen LogP contribution >= 0.6 is 0 Å². The summed E-state index contributed by atoms with van der Waals surface area (Å²) in [6.45, 7) is 7.25. The lowest BCUT2D eigenvalue weighted by Crippen LogP contribution is -2.54. The molecule has 0 aliphatic carbocycles. The molecule has 1 aliphatic heterocycles. The molecule has 0 saturated carbocycles. The predicted octanol–water partition coefficient (Wildman–Crippen LogP) is 2.38. The molecule has 7 nitrogen and oxygen atoms in total.